The fourth-order valence-electron chi connectivity index (χ4n) is 1.86. The largest absolute Gasteiger partial charge is 0.268 e. The van der Waals surface area contributed by atoms with Gasteiger partial charge in [0.2, 0.25) is 0 Å². The number of benzene rings is 1. The Morgan fingerprint density at radius 3 is 2.72 bits per heavy atom. The summed E-state index contributed by atoms with van der Waals surface area (Å²) in [6, 6.07) is 11.9. The molecule has 1 aliphatic rings. The van der Waals surface area contributed by atoms with Gasteiger partial charge in [0, 0.05) is 17.6 Å². The van der Waals surface area contributed by atoms with Crippen molar-refractivity contribution in [2.75, 3.05) is 11.7 Å². The molecule has 0 atom stereocenters. The number of fused-ring (bicyclic) bond motifs is 1. The van der Waals surface area contributed by atoms with Crippen LogP contribution >= 0.6 is 15.9 Å². The number of nitrogens with zero attached hydrogens (tertiary/aromatic N) is 3. The van der Waals surface area contributed by atoms with Crippen molar-refractivity contribution >= 4 is 26.2 Å². The highest BCUT2D eigenvalue weighted by Crippen LogP contribution is 2.19. The predicted molar refractivity (Wildman–Crippen MR) is 74.3 cm³/mol. The summed E-state index contributed by atoms with van der Waals surface area (Å²) in [5.74, 6) is 0. The van der Waals surface area contributed by atoms with Crippen LogP contribution in [-0.4, -0.2) is 11.7 Å². The summed E-state index contributed by atoms with van der Waals surface area (Å²) < 4.78 is 0.950. The van der Waals surface area contributed by atoms with Gasteiger partial charge in [-0.3, -0.25) is 15.0 Å². The zero-order valence-electron chi connectivity index (χ0n) is 9.55. The first-order valence-corrected chi connectivity index (χ1v) is 6.38. The summed E-state index contributed by atoms with van der Waals surface area (Å²) in [7, 11) is 0. The predicted octanol–water partition coefficient (Wildman–Crippen LogP) is 1.14. The van der Waals surface area contributed by atoms with Crippen LogP contribution in [0, 0.1) is 0 Å². The summed E-state index contributed by atoms with van der Waals surface area (Å²) in [4.78, 5) is 8.52. The monoisotopic (exact) mass is 302 g/mol. The number of hydrogen-bond acceptors (Lipinski definition) is 4. The second-order valence-corrected chi connectivity index (χ2v) is 4.57. The Bertz CT molecular complexity index is 669. The number of hydrazine groups is 1. The number of nitrogens with one attached hydrogen (secondary N) is 1. The van der Waals surface area contributed by atoms with Crippen LogP contribution in [0.25, 0.3) is 4.61 Å². The topological polar surface area (TPSA) is 40.5 Å². The molecule has 0 amide bonds. The standard InChI is InChI=1S/C13H11BrN4/c14-13-11-3-1-2-4-12(11)16-9-17-18(13)10-5-7-15-8-6-10/h1-8,17H,9H2. The third-order valence-electron chi connectivity index (χ3n) is 2.72. The number of pyridine rings is 1. The van der Waals surface area contributed by atoms with Gasteiger partial charge in [-0.25, -0.2) is 5.43 Å². The molecule has 1 aromatic heterocycles. The molecule has 0 fully saturated rings. The van der Waals surface area contributed by atoms with Gasteiger partial charge in [-0.05, 0) is 34.1 Å². The fourth-order valence-corrected chi connectivity index (χ4v) is 2.53. The molecule has 5 heteroatoms. The molecule has 0 radical (unpaired) electrons. The fraction of sp³-hybridized carbons (Fsp3) is 0.0769. The third kappa shape index (κ3) is 2.02. The van der Waals surface area contributed by atoms with Crippen LogP contribution in [0.4, 0.5) is 5.69 Å². The summed E-state index contributed by atoms with van der Waals surface area (Å²) in [6.45, 7) is 0.536. The third-order valence-corrected chi connectivity index (χ3v) is 3.50. The van der Waals surface area contributed by atoms with E-state index in [1.807, 2.05) is 41.4 Å². The van der Waals surface area contributed by atoms with Gasteiger partial charge in [-0.2, -0.15) is 0 Å². The van der Waals surface area contributed by atoms with Crippen molar-refractivity contribution in [2.24, 2.45) is 4.99 Å². The van der Waals surface area contributed by atoms with Crippen molar-refractivity contribution in [3.63, 3.8) is 0 Å². The Balaban J connectivity index is 2.20. The Morgan fingerprint density at radius 2 is 1.89 bits per heavy atom. The summed E-state index contributed by atoms with van der Waals surface area (Å²) in [5.41, 5.74) is 4.27. The van der Waals surface area contributed by atoms with Gasteiger partial charge in [0.15, 0.2) is 0 Å². The van der Waals surface area contributed by atoms with Crippen LogP contribution < -0.4 is 21.0 Å². The van der Waals surface area contributed by atoms with Crippen molar-refractivity contribution in [1.29, 1.82) is 0 Å². The highest BCUT2D eigenvalue weighted by Gasteiger charge is 2.12. The van der Waals surface area contributed by atoms with Crippen molar-refractivity contribution < 1.29 is 0 Å². The number of aromatic nitrogens is 1. The van der Waals surface area contributed by atoms with Gasteiger partial charge in [0.1, 0.15) is 11.3 Å². The Labute approximate surface area is 113 Å². The molecule has 2 heterocycles. The quantitative estimate of drug-likeness (QED) is 0.803. The molecule has 1 N–H and O–H groups in total. The summed E-state index contributed by atoms with van der Waals surface area (Å²) >= 11 is 3.64. The van der Waals surface area contributed by atoms with Crippen LogP contribution in [-0.2, 0) is 0 Å². The maximum atomic E-state index is 4.49. The zero-order valence-corrected chi connectivity index (χ0v) is 11.1. The lowest BCUT2D eigenvalue weighted by Crippen LogP contribution is -2.37. The van der Waals surface area contributed by atoms with Crippen LogP contribution in [0.15, 0.2) is 53.8 Å². The smallest absolute Gasteiger partial charge is 0.110 e. The molecule has 1 aromatic carbocycles. The molecule has 0 bridgehead atoms. The van der Waals surface area contributed by atoms with E-state index in [-0.39, 0.29) is 0 Å². The van der Waals surface area contributed by atoms with Crippen LogP contribution in [0.3, 0.4) is 0 Å². The second-order valence-electron chi connectivity index (χ2n) is 3.82. The van der Waals surface area contributed by atoms with Gasteiger partial charge in [-0.1, -0.05) is 18.2 Å². The van der Waals surface area contributed by atoms with Crippen molar-refractivity contribution in [3.8, 4) is 0 Å². The summed E-state index contributed by atoms with van der Waals surface area (Å²) in [6.07, 6.45) is 3.54. The van der Waals surface area contributed by atoms with E-state index in [4.69, 9.17) is 0 Å². The Kier molecular flexibility index (Phi) is 3.08. The minimum Gasteiger partial charge on any atom is -0.268 e. The molecule has 0 saturated carbocycles. The number of para-hydroxylation sites is 1. The molecule has 90 valence electrons. The molecule has 2 aromatic rings. The summed E-state index contributed by atoms with van der Waals surface area (Å²) in [5, 5.41) is 4.02. The minimum atomic E-state index is 0.536. The molecule has 0 saturated heterocycles. The molecular weight excluding hydrogens is 292 g/mol. The van der Waals surface area contributed by atoms with Crippen LogP contribution in [0.2, 0.25) is 0 Å². The van der Waals surface area contributed by atoms with Gasteiger partial charge >= 0.3 is 0 Å². The van der Waals surface area contributed by atoms with Crippen molar-refractivity contribution in [1.82, 2.24) is 10.4 Å². The first-order chi connectivity index (χ1) is 8.86. The molecule has 3 rings (SSSR count). The lowest BCUT2D eigenvalue weighted by Gasteiger charge is -2.22. The van der Waals surface area contributed by atoms with E-state index < -0.39 is 0 Å². The van der Waals surface area contributed by atoms with Crippen LogP contribution in [0.5, 0.6) is 0 Å². The molecular formula is C13H11BrN4. The van der Waals surface area contributed by atoms with Crippen LogP contribution in [0.1, 0.15) is 0 Å². The lowest BCUT2D eigenvalue weighted by atomic mass is 10.3. The van der Waals surface area contributed by atoms with E-state index in [1.54, 1.807) is 12.4 Å². The lowest BCUT2D eigenvalue weighted by molar-refractivity contribution is 0.730. The molecule has 0 aliphatic carbocycles. The number of hydrogen-bond donors (Lipinski definition) is 1. The van der Waals surface area contributed by atoms with Gasteiger partial charge in [-0.15, -0.1) is 0 Å². The van der Waals surface area contributed by atoms with E-state index in [0.29, 0.717) is 6.67 Å². The normalized spacial score (nSPS) is 14.7. The van der Waals surface area contributed by atoms with E-state index in [0.717, 1.165) is 20.9 Å². The second kappa shape index (κ2) is 4.88. The molecule has 1 aliphatic heterocycles. The SMILES string of the molecule is BrC1=c2ccccc2=NCNN1c1ccncc1. The van der Waals surface area contributed by atoms with E-state index >= 15 is 0 Å². The van der Waals surface area contributed by atoms with E-state index in [1.165, 1.54) is 0 Å². The average molecular weight is 303 g/mol. The van der Waals surface area contributed by atoms with Gasteiger partial charge in [0.25, 0.3) is 0 Å². The minimum absolute atomic E-state index is 0.536. The first-order valence-electron chi connectivity index (χ1n) is 5.59. The molecule has 0 spiro atoms. The van der Waals surface area contributed by atoms with Crippen molar-refractivity contribution in [2.45, 2.75) is 0 Å². The maximum Gasteiger partial charge on any atom is 0.110 e. The highest BCUT2D eigenvalue weighted by molar-refractivity contribution is 9.15. The number of halogens is 1. The highest BCUT2D eigenvalue weighted by atomic mass is 79.9. The first kappa shape index (κ1) is 11.4. The molecule has 0 unspecified atom stereocenters. The Morgan fingerprint density at radius 1 is 1.11 bits per heavy atom. The molecule has 4 nitrogen and oxygen atoms in total. The molecule has 18 heavy (non-hydrogen) atoms. The van der Waals surface area contributed by atoms with Crippen molar-refractivity contribution in [3.05, 3.63) is 59.4 Å². The Hall–Kier alpha value is -1.72. The van der Waals surface area contributed by atoms with Gasteiger partial charge in [0.05, 0.1) is 11.0 Å². The maximum absolute atomic E-state index is 4.49. The van der Waals surface area contributed by atoms with Gasteiger partial charge < -0.3 is 0 Å². The number of anilines is 1. The zero-order chi connectivity index (χ0) is 12.4. The average Bonchev–Trinajstić information content (AvgIpc) is 2.60. The van der Waals surface area contributed by atoms with E-state index in [2.05, 4.69) is 31.3 Å². The van der Waals surface area contributed by atoms with E-state index in [9.17, 15) is 0 Å². The number of rotatable bonds is 1.